The minimum atomic E-state index is -0.234. The molecule has 0 bridgehead atoms. The van der Waals surface area contributed by atoms with Crippen molar-refractivity contribution < 1.29 is 10.2 Å². The molecule has 2 unspecified atom stereocenters. The number of hydrogen-bond donors (Lipinski definition) is 2. The van der Waals surface area contributed by atoms with Crippen LogP contribution in [0.3, 0.4) is 0 Å². The Labute approximate surface area is 260 Å². The van der Waals surface area contributed by atoms with Gasteiger partial charge in [-0.05, 0) is 110 Å². The SMILES string of the molecule is CC1=C(C#C/C(C)=C\CCC(C)CCC/C=C(\C)CCCC(C)C#CC2=C(C)C[C@@H](O)CC2(C)C)C(C)(C)C[C@H](O)C1. The molecule has 2 nitrogen and oxygen atoms in total. The van der Waals surface area contributed by atoms with E-state index in [2.05, 4.69) is 105 Å². The van der Waals surface area contributed by atoms with Gasteiger partial charge in [-0.3, -0.25) is 0 Å². The lowest BCUT2D eigenvalue weighted by Gasteiger charge is -2.34. The van der Waals surface area contributed by atoms with E-state index >= 15 is 0 Å². The van der Waals surface area contributed by atoms with Gasteiger partial charge in [0.2, 0.25) is 0 Å². The van der Waals surface area contributed by atoms with Gasteiger partial charge in [-0.25, -0.2) is 0 Å². The smallest absolute Gasteiger partial charge is 0.0586 e. The summed E-state index contributed by atoms with van der Waals surface area (Å²) in [5.74, 6) is 15.0. The second-order valence-electron chi connectivity index (χ2n) is 15.1. The largest absolute Gasteiger partial charge is 0.393 e. The quantitative estimate of drug-likeness (QED) is 0.146. The average molecular weight is 575 g/mol. The summed E-state index contributed by atoms with van der Waals surface area (Å²) in [4.78, 5) is 0. The maximum Gasteiger partial charge on any atom is 0.0586 e. The summed E-state index contributed by atoms with van der Waals surface area (Å²) < 4.78 is 0. The fourth-order valence-electron chi connectivity index (χ4n) is 6.96. The first-order valence-corrected chi connectivity index (χ1v) is 16.7. The number of unbranched alkanes of at least 4 members (excludes halogenated alkanes) is 1. The number of hydrogen-bond acceptors (Lipinski definition) is 2. The molecule has 0 radical (unpaired) electrons. The predicted octanol–water partition coefficient (Wildman–Crippen LogP) is 10.3. The zero-order valence-electron chi connectivity index (χ0n) is 28.8. The van der Waals surface area contributed by atoms with Gasteiger partial charge in [0.25, 0.3) is 0 Å². The molecule has 0 aromatic heterocycles. The van der Waals surface area contributed by atoms with Gasteiger partial charge in [0.05, 0.1) is 12.2 Å². The summed E-state index contributed by atoms with van der Waals surface area (Å²) in [5.41, 5.74) is 7.58. The van der Waals surface area contributed by atoms with Crippen molar-refractivity contribution in [3.63, 3.8) is 0 Å². The Morgan fingerprint density at radius 1 is 0.810 bits per heavy atom. The van der Waals surface area contributed by atoms with Crippen molar-refractivity contribution in [2.24, 2.45) is 22.7 Å². The lowest BCUT2D eigenvalue weighted by atomic mass is 9.72. The molecule has 0 saturated carbocycles. The Kier molecular flexibility index (Phi) is 14.4. The summed E-state index contributed by atoms with van der Waals surface area (Å²) in [5, 5.41) is 20.2. The van der Waals surface area contributed by atoms with Crippen LogP contribution in [0, 0.1) is 46.3 Å². The maximum atomic E-state index is 10.1. The number of aliphatic hydroxyl groups is 2. The van der Waals surface area contributed by atoms with Gasteiger partial charge in [0, 0.05) is 27.9 Å². The van der Waals surface area contributed by atoms with E-state index < -0.39 is 0 Å². The molecule has 0 aliphatic heterocycles. The highest BCUT2D eigenvalue weighted by Gasteiger charge is 2.33. The molecule has 0 amide bonds. The molecule has 42 heavy (non-hydrogen) atoms. The van der Waals surface area contributed by atoms with Gasteiger partial charge in [-0.1, -0.05) is 101 Å². The first kappa shape index (κ1) is 36.2. The molecule has 234 valence electrons. The van der Waals surface area contributed by atoms with E-state index in [4.69, 9.17) is 0 Å². The number of rotatable bonds is 11. The Hall–Kier alpha value is -2.00. The van der Waals surface area contributed by atoms with Gasteiger partial charge in [-0.2, -0.15) is 0 Å². The molecule has 2 aliphatic rings. The van der Waals surface area contributed by atoms with Crippen molar-refractivity contribution in [1.29, 1.82) is 0 Å². The molecule has 2 aliphatic carbocycles. The van der Waals surface area contributed by atoms with Crippen LogP contribution in [0.2, 0.25) is 0 Å². The molecular formula is C40H62O2. The predicted molar refractivity (Wildman–Crippen MR) is 182 cm³/mol. The molecule has 0 spiro atoms. The third-order valence-electron chi connectivity index (χ3n) is 9.32. The molecule has 0 aromatic rings. The van der Waals surface area contributed by atoms with Crippen LogP contribution in [-0.2, 0) is 0 Å². The minimum Gasteiger partial charge on any atom is -0.393 e. The molecular weight excluding hydrogens is 512 g/mol. The highest BCUT2D eigenvalue weighted by atomic mass is 16.3. The second kappa shape index (κ2) is 16.7. The molecule has 0 saturated heterocycles. The summed E-state index contributed by atoms with van der Waals surface area (Å²) in [6.07, 6.45) is 16.9. The zero-order chi connectivity index (χ0) is 31.5. The van der Waals surface area contributed by atoms with E-state index in [-0.39, 0.29) is 23.0 Å². The van der Waals surface area contributed by atoms with E-state index in [1.807, 2.05) is 0 Å². The normalized spacial score (nSPS) is 24.0. The molecule has 0 aromatic carbocycles. The molecule has 0 heterocycles. The molecule has 0 fully saturated rings. The maximum absolute atomic E-state index is 10.1. The zero-order valence-corrected chi connectivity index (χ0v) is 28.8. The summed E-state index contributed by atoms with van der Waals surface area (Å²) in [6.45, 7) is 22.1. The fraction of sp³-hybridized carbons (Fsp3) is 0.700. The standard InChI is InChI=1S/C40H62O2/c1-29(17-13-19-31(3)21-23-37-33(5)25-35(41)27-39(37,7)8)15-11-12-16-30(2)18-14-20-32(4)22-24-38-34(6)26-36(42)28-40(38,9)10/h15,20,30-31,35-36,41-42H,11-14,16-19,25-28H2,1-10H3/b29-15+,32-20-/t30?,31?,35-,36-/m1/s1. The van der Waals surface area contributed by atoms with E-state index in [9.17, 15) is 10.2 Å². The van der Waals surface area contributed by atoms with Gasteiger partial charge in [0.1, 0.15) is 0 Å². The van der Waals surface area contributed by atoms with Gasteiger partial charge in [0.15, 0.2) is 0 Å². The molecule has 2 heteroatoms. The molecule has 2 N–H and O–H groups in total. The van der Waals surface area contributed by atoms with Crippen LogP contribution in [0.5, 0.6) is 0 Å². The highest BCUT2D eigenvalue weighted by molar-refractivity contribution is 5.44. The third-order valence-corrected chi connectivity index (χ3v) is 9.32. The first-order chi connectivity index (χ1) is 19.6. The summed E-state index contributed by atoms with van der Waals surface area (Å²) in [7, 11) is 0. The monoisotopic (exact) mass is 574 g/mol. The van der Waals surface area contributed by atoms with Crippen LogP contribution in [0.25, 0.3) is 0 Å². The summed E-state index contributed by atoms with van der Waals surface area (Å²) in [6, 6.07) is 0. The van der Waals surface area contributed by atoms with Crippen molar-refractivity contribution in [2.45, 2.75) is 158 Å². The van der Waals surface area contributed by atoms with Crippen LogP contribution in [0.4, 0.5) is 0 Å². The topological polar surface area (TPSA) is 40.5 Å². The number of allylic oxidation sites excluding steroid dienone is 6. The van der Waals surface area contributed by atoms with Crippen LogP contribution in [0.1, 0.15) is 146 Å². The Bertz CT molecular complexity index is 1150. The van der Waals surface area contributed by atoms with E-state index in [0.717, 1.165) is 50.0 Å². The van der Waals surface area contributed by atoms with Crippen LogP contribution < -0.4 is 0 Å². The number of aliphatic hydroxyl groups excluding tert-OH is 2. The Balaban J connectivity index is 1.67. The van der Waals surface area contributed by atoms with Crippen LogP contribution >= 0.6 is 0 Å². The first-order valence-electron chi connectivity index (χ1n) is 16.7. The van der Waals surface area contributed by atoms with Crippen LogP contribution in [-0.4, -0.2) is 22.4 Å². The minimum absolute atomic E-state index is 0.0223. The Morgan fingerprint density at radius 3 is 1.95 bits per heavy atom. The lowest BCUT2D eigenvalue weighted by molar-refractivity contribution is 0.116. The lowest BCUT2D eigenvalue weighted by Crippen LogP contribution is -2.28. The third kappa shape index (κ3) is 12.3. The van der Waals surface area contributed by atoms with Crippen LogP contribution in [0.15, 0.2) is 45.6 Å². The fourth-order valence-corrected chi connectivity index (χ4v) is 6.96. The van der Waals surface area contributed by atoms with Gasteiger partial charge < -0.3 is 10.2 Å². The van der Waals surface area contributed by atoms with E-state index in [1.165, 1.54) is 66.4 Å². The van der Waals surface area contributed by atoms with Gasteiger partial charge >= 0.3 is 0 Å². The molecule has 2 rings (SSSR count). The second-order valence-corrected chi connectivity index (χ2v) is 15.1. The van der Waals surface area contributed by atoms with E-state index in [0.29, 0.717) is 5.92 Å². The van der Waals surface area contributed by atoms with Gasteiger partial charge in [-0.15, -0.1) is 0 Å². The van der Waals surface area contributed by atoms with Crippen molar-refractivity contribution >= 4 is 0 Å². The van der Waals surface area contributed by atoms with Crippen molar-refractivity contribution in [3.05, 3.63) is 45.6 Å². The summed E-state index contributed by atoms with van der Waals surface area (Å²) >= 11 is 0. The van der Waals surface area contributed by atoms with Crippen molar-refractivity contribution in [3.8, 4) is 23.7 Å². The molecule has 4 atom stereocenters. The average Bonchev–Trinajstić information content (AvgIpc) is 2.84. The van der Waals surface area contributed by atoms with E-state index in [1.54, 1.807) is 0 Å². The Morgan fingerprint density at radius 2 is 1.38 bits per heavy atom. The highest BCUT2D eigenvalue weighted by Crippen LogP contribution is 2.40. The van der Waals surface area contributed by atoms with Crippen molar-refractivity contribution in [1.82, 2.24) is 0 Å². The van der Waals surface area contributed by atoms with Crippen molar-refractivity contribution in [2.75, 3.05) is 0 Å².